The molecule has 238 valence electrons. The molecule has 51 heavy (non-hydrogen) atoms. The van der Waals surface area contributed by atoms with Crippen molar-refractivity contribution in [3.8, 4) is 28.2 Å². The Kier molecular flexibility index (Phi) is 5.86. The van der Waals surface area contributed by atoms with Crippen LogP contribution in [0.2, 0.25) is 0 Å². The van der Waals surface area contributed by atoms with E-state index in [1.54, 1.807) is 0 Å². The standard InChI is InChI=1S/C45H28N6/c1-2-9-29(10-3-1)30-16-22-41-38(27-30)36-13-7-25-47-44(36)49(41)31-17-19-32(20-18-31)50-42-23-21-33(28-39(42)37-14-8-26-48-45(37)50)51-40-15-5-4-11-34(40)35-12-6-24-46-43(35)51/h1-28H. The molecule has 6 nitrogen and oxygen atoms in total. The predicted octanol–water partition coefficient (Wildman–Crippen LogP) is 10.8. The molecule has 0 bridgehead atoms. The lowest BCUT2D eigenvalue weighted by molar-refractivity contribution is 1.10. The van der Waals surface area contributed by atoms with E-state index >= 15 is 0 Å². The molecule has 0 unspecified atom stereocenters. The largest absolute Gasteiger partial charge is 0.294 e. The first-order valence-corrected chi connectivity index (χ1v) is 17.1. The van der Waals surface area contributed by atoms with Gasteiger partial charge in [-0.15, -0.1) is 0 Å². The Balaban J connectivity index is 1.07. The summed E-state index contributed by atoms with van der Waals surface area (Å²) in [4.78, 5) is 14.6. The van der Waals surface area contributed by atoms with Crippen molar-refractivity contribution >= 4 is 65.8 Å². The summed E-state index contributed by atoms with van der Waals surface area (Å²) >= 11 is 0. The molecule has 0 atom stereocenters. The maximum Gasteiger partial charge on any atom is 0.145 e. The van der Waals surface area contributed by atoms with Crippen molar-refractivity contribution in [1.29, 1.82) is 0 Å². The first-order chi connectivity index (χ1) is 25.3. The predicted molar refractivity (Wildman–Crippen MR) is 208 cm³/mol. The summed E-state index contributed by atoms with van der Waals surface area (Å²) in [6, 6.07) is 53.7. The molecule has 0 fully saturated rings. The number of nitrogens with zero attached hydrogens (tertiary/aromatic N) is 6. The first kappa shape index (κ1) is 27.9. The number of benzene rings is 5. The van der Waals surface area contributed by atoms with Crippen LogP contribution >= 0.6 is 0 Å². The van der Waals surface area contributed by atoms with E-state index in [1.807, 2.05) is 36.8 Å². The van der Waals surface area contributed by atoms with Crippen molar-refractivity contribution < 1.29 is 0 Å². The van der Waals surface area contributed by atoms with Crippen LogP contribution in [0.4, 0.5) is 0 Å². The third-order valence-corrected chi connectivity index (χ3v) is 10.2. The molecule has 0 aliphatic heterocycles. The minimum Gasteiger partial charge on any atom is -0.294 e. The van der Waals surface area contributed by atoms with Gasteiger partial charge >= 0.3 is 0 Å². The van der Waals surface area contributed by atoms with E-state index in [4.69, 9.17) is 15.0 Å². The molecule has 6 heteroatoms. The van der Waals surface area contributed by atoms with Crippen LogP contribution in [0.3, 0.4) is 0 Å². The van der Waals surface area contributed by atoms with Gasteiger partial charge in [-0.3, -0.25) is 13.7 Å². The van der Waals surface area contributed by atoms with E-state index in [1.165, 1.54) is 21.9 Å². The number of aromatic nitrogens is 6. The lowest BCUT2D eigenvalue weighted by atomic mass is 10.0. The van der Waals surface area contributed by atoms with Gasteiger partial charge in [0, 0.05) is 68.0 Å². The highest BCUT2D eigenvalue weighted by Gasteiger charge is 2.19. The van der Waals surface area contributed by atoms with E-state index in [0.29, 0.717) is 0 Å². The van der Waals surface area contributed by atoms with Gasteiger partial charge in [0.2, 0.25) is 0 Å². The van der Waals surface area contributed by atoms with Gasteiger partial charge in [-0.05, 0) is 108 Å². The van der Waals surface area contributed by atoms with E-state index in [-0.39, 0.29) is 0 Å². The van der Waals surface area contributed by atoms with Crippen LogP contribution in [-0.4, -0.2) is 28.7 Å². The summed E-state index contributed by atoms with van der Waals surface area (Å²) in [7, 11) is 0. The normalized spacial score (nSPS) is 11.9. The average Bonchev–Trinajstić information content (AvgIpc) is 3.84. The van der Waals surface area contributed by atoms with Gasteiger partial charge in [-0.25, -0.2) is 15.0 Å². The van der Waals surface area contributed by atoms with E-state index in [2.05, 4.69) is 147 Å². The Labute approximate surface area is 292 Å². The topological polar surface area (TPSA) is 53.5 Å². The number of rotatable bonds is 4. The highest BCUT2D eigenvalue weighted by molar-refractivity contribution is 6.11. The summed E-state index contributed by atoms with van der Waals surface area (Å²) in [6.07, 6.45) is 5.61. The second kappa shape index (κ2) is 10.7. The zero-order valence-corrected chi connectivity index (χ0v) is 27.3. The lowest BCUT2D eigenvalue weighted by Gasteiger charge is -2.12. The van der Waals surface area contributed by atoms with Gasteiger partial charge in [0.15, 0.2) is 0 Å². The number of para-hydroxylation sites is 1. The zero-order valence-electron chi connectivity index (χ0n) is 27.3. The van der Waals surface area contributed by atoms with Gasteiger partial charge in [0.25, 0.3) is 0 Å². The summed E-state index contributed by atoms with van der Waals surface area (Å²) in [6.45, 7) is 0. The highest BCUT2D eigenvalue weighted by Crippen LogP contribution is 2.37. The molecule has 0 aliphatic rings. The molecule has 0 spiro atoms. The summed E-state index contributed by atoms with van der Waals surface area (Å²) in [5.41, 5.74) is 11.7. The highest BCUT2D eigenvalue weighted by atomic mass is 15.1. The third kappa shape index (κ3) is 4.07. The fraction of sp³-hybridized carbons (Fsp3) is 0. The van der Waals surface area contributed by atoms with Gasteiger partial charge < -0.3 is 0 Å². The monoisotopic (exact) mass is 652 g/mol. The fourth-order valence-corrected chi connectivity index (χ4v) is 7.96. The van der Waals surface area contributed by atoms with Crippen molar-refractivity contribution in [3.05, 3.63) is 170 Å². The second-order valence-electron chi connectivity index (χ2n) is 13.0. The van der Waals surface area contributed by atoms with Crippen molar-refractivity contribution in [3.63, 3.8) is 0 Å². The van der Waals surface area contributed by atoms with Gasteiger partial charge in [0.05, 0.1) is 16.6 Å². The van der Waals surface area contributed by atoms with Crippen LogP contribution in [-0.2, 0) is 0 Å². The summed E-state index contributed by atoms with van der Waals surface area (Å²) in [5.74, 6) is 0. The molecule has 6 heterocycles. The van der Waals surface area contributed by atoms with Crippen LogP contribution in [0.5, 0.6) is 0 Å². The Morgan fingerprint density at radius 3 is 1.37 bits per heavy atom. The Morgan fingerprint density at radius 1 is 0.294 bits per heavy atom. The van der Waals surface area contributed by atoms with Crippen LogP contribution in [0, 0.1) is 0 Å². The molecule has 0 aliphatic carbocycles. The summed E-state index contributed by atoms with van der Waals surface area (Å²) < 4.78 is 6.79. The first-order valence-electron chi connectivity index (χ1n) is 17.1. The fourth-order valence-electron chi connectivity index (χ4n) is 7.96. The Hall–Kier alpha value is -7.05. The Bertz CT molecular complexity index is 3080. The van der Waals surface area contributed by atoms with Crippen LogP contribution in [0.25, 0.3) is 94.0 Å². The average molecular weight is 653 g/mol. The Morgan fingerprint density at radius 2 is 0.745 bits per heavy atom. The zero-order chi connectivity index (χ0) is 33.5. The molecule has 6 aromatic heterocycles. The number of fused-ring (bicyclic) bond motifs is 9. The van der Waals surface area contributed by atoms with Crippen LogP contribution in [0.1, 0.15) is 0 Å². The molecular weight excluding hydrogens is 625 g/mol. The molecule has 0 saturated carbocycles. The lowest BCUT2D eigenvalue weighted by Crippen LogP contribution is -1.99. The quantitative estimate of drug-likeness (QED) is 0.190. The van der Waals surface area contributed by atoms with Crippen molar-refractivity contribution in [2.24, 2.45) is 0 Å². The maximum absolute atomic E-state index is 4.90. The van der Waals surface area contributed by atoms with Gasteiger partial charge in [0.1, 0.15) is 16.9 Å². The van der Waals surface area contributed by atoms with Crippen LogP contribution < -0.4 is 0 Å². The molecule has 0 N–H and O–H groups in total. The third-order valence-electron chi connectivity index (χ3n) is 10.2. The smallest absolute Gasteiger partial charge is 0.145 e. The molecule has 0 amide bonds. The SMILES string of the molecule is c1ccc(-c2ccc3c(c2)c2cccnc2n3-c2ccc(-n3c4ccc(-n5c6ccccc6c6cccnc65)cc4c4cccnc43)cc2)cc1. The maximum atomic E-state index is 4.90. The van der Waals surface area contributed by atoms with E-state index < -0.39 is 0 Å². The minimum absolute atomic E-state index is 0.921. The number of hydrogen-bond acceptors (Lipinski definition) is 3. The molecule has 11 rings (SSSR count). The number of pyridine rings is 3. The molecule has 11 aromatic rings. The second-order valence-corrected chi connectivity index (χ2v) is 13.0. The van der Waals surface area contributed by atoms with Gasteiger partial charge in [-0.2, -0.15) is 0 Å². The van der Waals surface area contributed by atoms with Crippen LogP contribution in [0.15, 0.2) is 170 Å². The molecular formula is C45H28N6. The molecule has 0 radical (unpaired) electrons. The van der Waals surface area contributed by atoms with E-state index in [9.17, 15) is 0 Å². The van der Waals surface area contributed by atoms with Crippen molar-refractivity contribution in [2.75, 3.05) is 0 Å². The van der Waals surface area contributed by atoms with Crippen molar-refractivity contribution in [2.45, 2.75) is 0 Å². The van der Waals surface area contributed by atoms with E-state index in [0.717, 1.165) is 72.1 Å². The molecule has 0 saturated heterocycles. The molecule has 5 aromatic carbocycles. The minimum atomic E-state index is 0.921. The van der Waals surface area contributed by atoms with Crippen molar-refractivity contribution in [1.82, 2.24) is 28.7 Å². The summed E-state index contributed by atoms with van der Waals surface area (Å²) in [5, 5.41) is 6.90. The van der Waals surface area contributed by atoms with Gasteiger partial charge in [-0.1, -0.05) is 54.6 Å². The number of hydrogen-bond donors (Lipinski definition) is 0.